The van der Waals surface area contributed by atoms with E-state index >= 15 is 0 Å². The Kier molecular flexibility index (Phi) is 4.08. The Bertz CT molecular complexity index is 806. The molecule has 1 fully saturated rings. The summed E-state index contributed by atoms with van der Waals surface area (Å²) >= 11 is 0. The van der Waals surface area contributed by atoms with Crippen LogP contribution in [0.1, 0.15) is 12.5 Å². The quantitative estimate of drug-likeness (QED) is 0.726. The van der Waals surface area contributed by atoms with Gasteiger partial charge in [0.25, 0.3) is 0 Å². The van der Waals surface area contributed by atoms with Gasteiger partial charge in [0.1, 0.15) is 6.33 Å². The molecular formula is C17H21N7. The minimum absolute atomic E-state index is 0.867. The van der Waals surface area contributed by atoms with Crippen molar-refractivity contribution in [3.05, 3.63) is 42.7 Å². The minimum Gasteiger partial charge on any atom is -0.352 e. The number of fused-ring (bicyclic) bond motifs is 1. The smallest absolute Gasteiger partial charge is 0.165 e. The summed E-state index contributed by atoms with van der Waals surface area (Å²) in [6, 6.07) is 4.12. The largest absolute Gasteiger partial charge is 0.352 e. The van der Waals surface area contributed by atoms with Crippen molar-refractivity contribution in [1.82, 2.24) is 29.4 Å². The maximum absolute atomic E-state index is 4.53. The van der Waals surface area contributed by atoms with Crippen LogP contribution in [-0.2, 0) is 13.1 Å². The second kappa shape index (κ2) is 6.52. The zero-order chi connectivity index (χ0) is 16.4. The first-order valence-corrected chi connectivity index (χ1v) is 8.37. The van der Waals surface area contributed by atoms with E-state index in [4.69, 9.17) is 0 Å². The first kappa shape index (κ1) is 15.0. The summed E-state index contributed by atoms with van der Waals surface area (Å²) in [6.07, 6.45) is 7.25. The SMILES string of the molecule is CCn1cnc2c(N3CCN(Cc4cccnc4)CC3)ncnc21. The maximum atomic E-state index is 4.53. The van der Waals surface area contributed by atoms with Crippen LogP contribution in [0.3, 0.4) is 0 Å². The lowest BCUT2D eigenvalue weighted by Gasteiger charge is -2.35. The predicted molar refractivity (Wildman–Crippen MR) is 92.7 cm³/mol. The van der Waals surface area contributed by atoms with Crippen LogP contribution in [-0.4, -0.2) is 55.6 Å². The molecule has 0 spiro atoms. The van der Waals surface area contributed by atoms with E-state index in [0.717, 1.165) is 56.3 Å². The van der Waals surface area contributed by atoms with Crippen LogP contribution >= 0.6 is 0 Å². The van der Waals surface area contributed by atoms with Crippen molar-refractivity contribution in [2.75, 3.05) is 31.1 Å². The molecule has 1 aliphatic rings. The zero-order valence-corrected chi connectivity index (χ0v) is 13.8. The van der Waals surface area contributed by atoms with Gasteiger partial charge in [0.2, 0.25) is 0 Å². The summed E-state index contributed by atoms with van der Waals surface area (Å²) in [5.74, 6) is 0.952. The summed E-state index contributed by atoms with van der Waals surface area (Å²) in [4.78, 5) is 22.4. The van der Waals surface area contributed by atoms with Crippen LogP contribution in [0.25, 0.3) is 11.2 Å². The van der Waals surface area contributed by atoms with E-state index < -0.39 is 0 Å². The van der Waals surface area contributed by atoms with E-state index in [1.807, 2.05) is 24.8 Å². The fourth-order valence-corrected chi connectivity index (χ4v) is 3.20. The number of aromatic nitrogens is 5. The number of nitrogens with zero attached hydrogens (tertiary/aromatic N) is 7. The Labute approximate surface area is 141 Å². The van der Waals surface area contributed by atoms with Gasteiger partial charge in [0, 0.05) is 51.7 Å². The van der Waals surface area contributed by atoms with Crippen LogP contribution in [0.4, 0.5) is 5.82 Å². The molecule has 0 unspecified atom stereocenters. The molecule has 0 atom stereocenters. The van der Waals surface area contributed by atoms with Crippen LogP contribution in [0, 0.1) is 0 Å². The molecule has 0 amide bonds. The van der Waals surface area contributed by atoms with E-state index in [1.54, 1.807) is 6.33 Å². The lowest BCUT2D eigenvalue weighted by Crippen LogP contribution is -2.46. The lowest BCUT2D eigenvalue weighted by molar-refractivity contribution is 0.249. The van der Waals surface area contributed by atoms with Gasteiger partial charge in [-0.2, -0.15) is 0 Å². The number of hydrogen-bond donors (Lipinski definition) is 0. The molecular weight excluding hydrogens is 302 g/mol. The molecule has 24 heavy (non-hydrogen) atoms. The Morgan fingerprint density at radius 1 is 1.08 bits per heavy atom. The van der Waals surface area contributed by atoms with Crippen molar-refractivity contribution in [1.29, 1.82) is 0 Å². The topological polar surface area (TPSA) is 63.0 Å². The molecule has 1 saturated heterocycles. The van der Waals surface area contributed by atoms with Gasteiger partial charge in [0.05, 0.1) is 6.33 Å². The van der Waals surface area contributed by atoms with Gasteiger partial charge in [-0.15, -0.1) is 0 Å². The number of anilines is 1. The van der Waals surface area contributed by atoms with Gasteiger partial charge in [-0.05, 0) is 18.6 Å². The van der Waals surface area contributed by atoms with Crippen LogP contribution in [0.15, 0.2) is 37.2 Å². The van der Waals surface area contributed by atoms with Gasteiger partial charge >= 0.3 is 0 Å². The number of pyridine rings is 1. The molecule has 0 N–H and O–H groups in total. The Hall–Kier alpha value is -2.54. The predicted octanol–water partition coefficient (Wildman–Crippen LogP) is 1.56. The molecule has 0 saturated carbocycles. The highest BCUT2D eigenvalue weighted by Crippen LogP contribution is 2.22. The van der Waals surface area contributed by atoms with Crippen LogP contribution in [0.2, 0.25) is 0 Å². The highest BCUT2D eigenvalue weighted by molar-refractivity contribution is 5.83. The molecule has 124 valence electrons. The fourth-order valence-electron chi connectivity index (χ4n) is 3.20. The summed E-state index contributed by atoms with van der Waals surface area (Å²) < 4.78 is 2.05. The second-order valence-electron chi connectivity index (χ2n) is 6.02. The molecule has 4 rings (SSSR count). The third-order valence-corrected chi connectivity index (χ3v) is 4.52. The van der Waals surface area contributed by atoms with E-state index in [-0.39, 0.29) is 0 Å². The second-order valence-corrected chi connectivity index (χ2v) is 6.02. The van der Waals surface area contributed by atoms with Crippen LogP contribution in [0.5, 0.6) is 0 Å². The summed E-state index contributed by atoms with van der Waals surface area (Å²) in [6.45, 7) is 7.83. The Morgan fingerprint density at radius 3 is 2.71 bits per heavy atom. The molecule has 0 aromatic carbocycles. The highest BCUT2D eigenvalue weighted by Gasteiger charge is 2.21. The normalized spacial score (nSPS) is 16.0. The molecule has 4 heterocycles. The monoisotopic (exact) mass is 323 g/mol. The van der Waals surface area contributed by atoms with Crippen molar-refractivity contribution in [3.8, 4) is 0 Å². The first-order valence-electron chi connectivity index (χ1n) is 8.37. The third-order valence-electron chi connectivity index (χ3n) is 4.52. The van der Waals surface area contributed by atoms with E-state index in [2.05, 4.69) is 47.3 Å². The Morgan fingerprint density at radius 2 is 1.96 bits per heavy atom. The maximum Gasteiger partial charge on any atom is 0.165 e. The standard InChI is InChI=1S/C17H21N7/c1-2-23-13-21-15-16(23)19-12-20-17(15)24-8-6-22(7-9-24)11-14-4-3-5-18-10-14/h3-5,10,12-13H,2,6-9,11H2,1H3. The number of hydrogen-bond acceptors (Lipinski definition) is 6. The molecule has 3 aromatic rings. The molecule has 3 aromatic heterocycles. The van der Waals surface area contributed by atoms with E-state index in [0.29, 0.717) is 0 Å². The average molecular weight is 323 g/mol. The zero-order valence-electron chi connectivity index (χ0n) is 13.8. The fraction of sp³-hybridized carbons (Fsp3) is 0.412. The Balaban J connectivity index is 1.47. The van der Waals surface area contributed by atoms with Gasteiger partial charge in [-0.1, -0.05) is 6.07 Å². The molecule has 7 nitrogen and oxygen atoms in total. The minimum atomic E-state index is 0.867. The number of imidazole rings is 1. The molecule has 7 heteroatoms. The van der Waals surface area contributed by atoms with Crippen LogP contribution < -0.4 is 4.90 Å². The molecule has 0 aliphatic carbocycles. The van der Waals surface area contributed by atoms with Gasteiger partial charge in [-0.25, -0.2) is 15.0 Å². The number of piperazine rings is 1. The van der Waals surface area contributed by atoms with Gasteiger partial charge in [0.15, 0.2) is 17.0 Å². The summed E-state index contributed by atoms with van der Waals surface area (Å²) in [7, 11) is 0. The van der Waals surface area contributed by atoms with Crippen molar-refractivity contribution in [2.24, 2.45) is 0 Å². The number of aryl methyl sites for hydroxylation is 1. The first-order chi connectivity index (χ1) is 11.8. The van der Waals surface area contributed by atoms with Crippen molar-refractivity contribution in [2.45, 2.75) is 20.0 Å². The van der Waals surface area contributed by atoms with E-state index in [1.165, 1.54) is 5.56 Å². The third kappa shape index (κ3) is 2.82. The summed E-state index contributed by atoms with van der Waals surface area (Å²) in [5, 5.41) is 0. The average Bonchev–Trinajstić information content (AvgIpc) is 3.06. The molecule has 0 bridgehead atoms. The van der Waals surface area contributed by atoms with Crippen molar-refractivity contribution >= 4 is 17.0 Å². The summed E-state index contributed by atoms with van der Waals surface area (Å²) in [5.41, 5.74) is 3.08. The van der Waals surface area contributed by atoms with E-state index in [9.17, 15) is 0 Å². The van der Waals surface area contributed by atoms with Crippen molar-refractivity contribution in [3.63, 3.8) is 0 Å². The lowest BCUT2D eigenvalue weighted by atomic mass is 10.2. The highest BCUT2D eigenvalue weighted by atomic mass is 15.3. The number of rotatable bonds is 4. The van der Waals surface area contributed by atoms with Gasteiger partial charge in [-0.3, -0.25) is 9.88 Å². The van der Waals surface area contributed by atoms with Gasteiger partial charge < -0.3 is 9.47 Å². The van der Waals surface area contributed by atoms with Crippen molar-refractivity contribution < 1.29 is 0 Å². The molecule has 0 radical (unpaired) electrons. The molecule has 1 aliphatic heterocycles.